The molecule has 0 aliphatic heterocycles. The van der Waals surface area contributed by atoms with Crippen LogP contribution in [0.15, 0.2) is 53.4 Å². The van der Waals surface area contributed by atoms with Crippen molar-refractivity contribution in [2.45, 2.75) is 29.9 Å². The maximum Gasteiger partial charge on any atom is 0.184 e. The predicted molar refractivity (Wildman–Crippen MR) is 89.7 cm³/mol. The molecule has 0 heterocycles. The number of nitrogens with zero attached hydrogens (tertiary/aromatic N) is 2. The van der Waals surface area contributed by atoms with E-state index in [1.165, 1.54) is 12.1 Å². The highest BCUT2D eigenvalue weighted by Crippen LogP contribution is 2.63. The number of hydrogen-bond acceptors (Lipinski definition) is 4. The van der Waals surface area contributed by atoms with Gasteiger partial charge in [-0.15, -0.1) is 0 Å². The first kappa shape index (κ1) is 16.2. The third-order valence-electron chi connectivity index (χ3n) is 4.62. The summed E-state index contributed by atoms with van der Waals surface area (Å²) < 4.78 is 26.0. The van der Waals surface area contributed by atoms with E-state index in [9.17, 15) is 18.9 Å². The molecule has 5 heteroatoms. The zero-order valence-corrected chi connectivity index (χ0v) is 14.2. The number of nitriles is 2. The van der Waals surface area contributed by atoms with E-state index in [0.717, 1.165) is 11.1 Å². The van der Waals surface area contributed by atoms with Crippen LogP contribution in [-0.4, -0.2) is 13.7 Å². The van der Waals surface area contributed by atoms with Crippen LogP contribution in [0.3, 0.4) is 0 Å². The monoisotopic (exact) mass is 336 g/mol. The summed E-state index contributed by atoms with van der Waals surface area (Å²) in [7, 11) is -3.77. The van der Waals surface area contributed by atoms with E-state index in [1.54, 1.807) is 24.3 Å². The number of hydrogen-bond donors (Lipinski definition) is 0. The fourth-order valence-corrected chi connectivity index (χ4v) is 5.36. The quantitative estimate of drug-likeness (QED) is 0.861. The molecule has 0 saturated heterocycles. The summed E-state index contributed by atoms with van der Waals surface area (Å²) in [6, 6.07) is 17.8. The molecule has 0 bridgehead atoms. The van der Waals surface area contributed by atoms with E-state index in [2.05, 4.69) is 0 Å². The average molecular weight is 336 g/mol. The Morgan fingerprint density at radius 3 is 1.79 bits per heavy atom. The molecule has 1 aliphatic rings. The minimum absolute atomic E-state index is 0.155. The van der Waals surface area contributed by atoms with Gasteiger partial charge in [-0.25, -0.2) is 8.42 Å². The van der Waals surface area contributed by atoms with E-state index in [0.29, 0.717) is 5.56 Å². The zero-order valence-electron chi connectivity index (χ0n) is 13.4. The molecule has 1 aliphatic carbocycles. The van der Waals surface area contributed by atoms with Crippen LogP contribution >= 0.6 is 0 Å². The second kappa shape index (κ2) is 5.47. The Hall–Kier alpha value is -2.63. The highest BCUT2D eigenvalue weighted by atomic mass is 32.2. The van der Waals surface area contributed by atoms with Crippen LogP contribution in [0.1, 0.15) is 22.6 Å². The van der Waals surface area contributed by atoms with E-state index in [-0.39, 0.29) is 4.90 Å². The molecule has 0 spiro atoms. The van der Waals surface area contributed by atoms with Gasteiger partial charge in [-0.1, -0.05) is 47.5 Å². The van der Waals surface area contributed by atoms with Gasteiger partial charge in [-0.05, 0) is 31.5 Å². The Bertz CT molecular complexity index is 948. The Labute approximate surface area is 141 Å². The summed E-state index contributed by atoms with van der Waals surface area (Å²) in [5, 5.41) is 18.0. The molecule has 4 nitrogen and oxygen atoms in total. The summed E-state index contributed by atoms with van der Waals surface area (Å²) in [5.74, 6) is -0.626. The van der Waals surface area contributed by atoms with Gasteiger partial charge >= 0.3 is 0 Å². The molecule has 0 N–H and O–H groups in total. The van der Waals surface area contributed by atoms with Crippen molar-refractivity contribution >= 4 is 9.84 Å². The van der Waals surface area contributed by atoms with Gasteiger partial charge in [0.25, 0.3) is 0 Å². The molecule has 0 radical (unpaired) electrons. The molecule has 0 unspecified atom stereocenters. The number of aryl methyl sites for hydroxylation is 2. The van der Waals surface area contributed by atoms with Crippen molar-refractivity contribution in [1.82, 2.24) is 0 Å². The van der Waals surface area contributed by atoms with Crippen LogP contribution < -0.4 is 0 Å². The molecule has 2 aromatic carbocycles. The van der Waals surface area contributed by atoms with E-state index in [4.69, 9.17) is 0 Å². The molecule has 2 aromatic rings. The molecule has 0 amide bonds. The van der Waals surface area contributed by atoms with Crippen LogP contribution in [0, 0.1) is 41.9 Å². The van der Waals surface area contributed by atoms with E-state index >= 15 is 0 Å². The minimum atomic E-state index is -3.77. The first-order valence-corrected chi connectivity index (χ1v) is 9.11. The van der Waals surface area contributed by atoms with Crippen molar-refractivity contribution in [2.24, 2.45) is 5.41 Å². The van der Waals surface area contributed by atoms with Crippen molar-refractivity contribution in [3.63, 3.8) is 0 Å². The standard InChI is InChI=1S/C19H16N2O2S/c1-13-3-7-15(8-4-13)17-18(19(17,11-20)12-21)24(22,23)16-9-5-14(2)6-10-16/h3-10,17-18H,1-2H3/t17-,18+/m1/s1. The van der Waals surface area contributed by atoms with Crippen LogP contribution in [-0.2, 0) is 9.84 Å². The lowest BCUT2D eigenvalue weighted by molar-refractivity contribution is 0.591. The highest BCUT2D eigenvalue weighted by molar-refractivity contribution is 7.92. The third-order valence-corrected chi connectivity index (χ3v) is 6.87. The second-order valence-corrected chi connectivity index (χ2v) is 8.33. The van der Waals surface area contributed by atoms with E-state index < -0.39 is 26.4 Å². The van der Waals surface area contributed by atoms with Crippen LogP contribution in [0.5, 0.6) is 0 Å². The van der Waals surface area contributed by atoms with Gasteiger partial charge < -0.3 is 0 Å². The summed E-state index contributed by atoms with van der Waals surface area (Å²) in [4.78, 5) is 0.155. The molecule has 0 aromatic heterocycles. The van der Waals surface area contributed by atoms with Crippen molar-refractivity contribution in [3.8, 4) is 12.1 Å². The Balaban J connectivity index is 2.09. The normalized spacial score (nSPS) is 21.5. The predicted octanol–water partition coefficient (Wildman–Crippen LogP) is 3.28. The highest BCUT2D eigenvalue weighted by Gasteiger charge is 2.73. The average Bonchev–Trinajstić information content (AvgIpc) is 3.26. The maximum atomic E-state index is 13.0. The lowest BCUT2D eigenvalue weighted by atomic mass is 10.0. The summed E-state index contributed by atoms with van der Waals surface area (Å²) in [6.45, 7) is 3.80. The van der Waals surface area contributed by atoms with Crippen molar-refractivity contribution in [3.05, 3.63) is 65.2 Å². The summed E-state index contributed by atoms with van der Waals surface area (Å²) in [6.07, 6.45) is 0. The fourth-order valence-electron chi connectivity index (χ4n) is 3.16. The lowest BCUT2D eigenvalue weighted by Gasteiger charge is -2.04. The molecule has 24 heavy (non-hydrogen) atoms. The van der Waals surface area contributed by atoms with Gasteiger partial charge in [0, 0.05) is 5.92 Å². The van der Waals surface area contributed by atoms with Gasteiger partial charge in [0.15, 0.2) is 15.3 Å². The zero-order chi connectivity index (χ0) is 17.5. The number of benzene rings is 2. The topological polar surface area (TPSA) is 81.7 Å². The lowest BCUT2D eigenvalue weighted by Crippen LogP contribution is -2.14. The Morgan fingerprint density at radius 1 is 0.875 bits per heavy atom. The van der Waals surface area contributed by atoms with E-state index in [1.807, 2.05) is 38.1 Å². The number of rotatable bonds is 3. The van der Waals surface area contributed by atoms with Crippen LogP contribution in [0.2, 0.25) is 0 Å². The van der Waals surface area contributed by atoms with Crippen molar-refractivity contribution < 1.29 is 8.42 Å². The van der Waals surface area contributed by atoms with Crippen LogP contribution in [0.4, 0.5) is 0 Å². The molecule has 120 valence electrons. The molecule has 1 saturated carbocycles. The summed E-state index contributed by atoms with van der Waals surface area (Å²) in [5.41, 5.74) is 1.17. The van der Waals surface area contributed by atoms with Gasteiger partial charge in [-0.2, -0.15) is 10.5 Å². The SMILES string of the molecule is Cc1ccc([C@@H]2[C@H](S(=O)(=O)c3ccc(C)cc3)C2(C#N)C#N)cc1. The largest absolute Gasteiger partial charge is 0.223 e. The Kier molecular flexibility index (Phi) is 3.70. The van der Waals surface area contributed by atoms with Gasteiger partial charge in [0.2, 0.25) is 0 Å². The fraction of sp³-hybridized carbons (Fsp3) is 0.263. The maximum absolute atomic E-state index is 13.0. The second-order valence-electron chi connectivity index (χ2n) is 6.26. The van der Waals surface area contributed by atoms with Crippen LogP contribution in [0.25, 0.3) is 0 Å². The third kappa shape index (κ3) is 2.29. The minimum Gasteiger partial charge on any atom is -0.223 e. The number of sulfone groups is 1. The first-order chi connectivity index (χ1) is 11.4. The first-order valence-electron chi connectivity index (χ1n) is 7.56. The van der Waals surface area contributed by atoms with Gasteiger partial charge in [0.1, 0.15) is 5.25 Å². The molecule has 1 fully saturated rings. The smallest absolute Gasteiger partial charge is 0.184 e. The Morgan fingerprint density at radius 2 is 1.33 bits per heavy atom. The molecule has 2 atom stereocenters. The molecule has 3 rings (SSSR count). The van der Waals surface area contributed by atoms with Gasteiger partial charge in [0.05, 0.1) is 17.0 Å². The van der Waals surface area contributed by atoms with Gasteiger partial charge in [-0.3, -0.25) is 0 Å². The summed E-state index contributed by atoms with van der Waals surface area (Å²) >= 11 is 0. The molecular formula is C19H16N2O2S. The van der Waals surface area contributed by atoms with Crippen molar-refractivity contribution in [1.29, 1.82) is 10.5 Å². The van der Waals surface area contributed by atoms with Crippen molar-refractivity contribution in [2.75, 3.05) is 0 Å². The molecular weight excluding hydrogens is 320 g/mol.